The number of hydrogen-bond donors (Lipinski definition) is 2. The SMILES string of the molecule is CCCCCCCCCCC[C@@](CC=CCCCCCCCC(=O)OCc1ccccc1)(C(=O)NCCOCCOCCOCCOCCOCCOCCOCCOCCOCCOCCOCCOCCOCCOCCOCCOCCOCCOCCOCCOCCOCCOCCOCCOCCC(=O)O)C(=O)OCc1ccccc1. The van der Waals surface area contributed by atoms with E-state index in [0.717, 1.165) is 75.3 Å². The van der Waals surface area contributed by atoms with Gasteiger partial charge >= 0.3 is 17.9 Å². The van der Waals surface area contributed by atoms with Crippen molar-refractivity contribution < 1.29 is 147 Å². The zero-order valence-electron chi connectivity index (χ0n) is 74.1. The van der Waals surface area contributed by atoms with E-state index in [0.29, 0.717) is 323 Å². The van der Waals surface area contributed by atoms with Crippen molar-refractivity contribution in [1.82, 2.24) is 5.32 Å². The van der Waals surface area contributed by atoms with Crippen molar-refractivity contribution in [2.45, 2.75) is 142 Å². The summed E-state index contributed by atoms with van der Waals surface area (Å²) in [6.45, 7) is 24.1. The molecule has 0 aliphatic carbocycles. The van der Waals surface area contributed by atoms with Crippen molar-refractivity contribution in [3.63, 3.8) is 0 Å². The first-order valence-corrected chi connectivity index (χ1v) is 44.8. The Morgan fingerprint density at radius 1 is 0.287 bits per heavy atom. The molecule has 0 unspecified atom stereocenters. The molecule has 32 heteroatoms. The molecule has 0 aromatic heterocycles. The Morgan fingerprint density at radius 3 is 0.836 bits per heavy atom. The third-order valence-corrected chi connectivity index (χ3v) is 17.9. The van der Waals surface area contributed by atoms with Crippen LogP contribution >= 0.6 is 0 Å². The molecule has 32 nitrogen and oxygen atoms in total. The van der Waals surface area contributed by atoms with E-state index in [9.17, 15) is 19.2 Å². The maximum atomic E-state index is 14.3. The number of rotatable bonds is 101. The Morgan fingerprint density at radius 2 is 0.541 bits per heavy atom. The van der Waals surface area contributed by atoms with Crippen molar-refractivity contribution >= 4 is 23.8 Å². The highest BCUT2D eigenvalue weighted by molar-refractivity contribution is 6.03. The van der Waals surface area contributed by atoms with Gasteiger partial charge in [0.05, 0.1) is 324 Å². The number of esters is 2. The van der Waals surface area contributed by atoms with Gasteiger partial charge in [-0.05, 0) is 43.2 Å². The van der Waals surface area contributed by atoms with Crippen molar-refractivity contribution in [3.05, 3.63) is 83.9 Å². The number of benzene rings is 2. The summed E-state index contributed by atoms with van der Waals surface area (Å²) >= 11 is 0. The van der Waals surface area contributed by atoms with Crippen molar-refractivity contribution in [2.75, 3.05) is 324 Å². The minimum atomic E-state index is -1.38. The first-order valence-electron chi connectivity index (χ1n) is 44.8. The zero-order valence-corrected chi connectivity index (χ0v) is 74.1. The maximum Gasteiger partial charge on any atom is 0.322 e. The lowest BCUT2D eigenvalue weighted by Gasteiger charge is -2.30. The van der Waals surface area contributed by atoms with Gasteiger partial charge in [0.15, 0.2) is 0 Å². The maximum absolute atomic E-state index is 14.3. The molecule has 0 fully saturated rings. The Labute approximate surface area is 728 Å². The fourth-order valence-corrected chi connectivity index (χ4v) is 11.2. The number of aliphatic carboxylic acids is 1. The number of amides is 1. The van der Waals surface area contributed by atoms with E-state index in [-0.39, 0.29) is 51.1 Å². The molecular weight excluding hydrogens is 1590 g/mol. The van der Waals surface area contributed by atoms with Gasteiger partial charge in [-0.15, -0.1) is 0 Å². The minimum absolute atomic E-state index is 0.0135. The first kappa shape index (κ1) is 113. The van der Waals surface area contributed by atoms with Crippen LogP contribution in [0.2, 0.25) is 0 Å². The number of hydrogen-bond acceptors (Lipinski definition) is 30. The molecule has 0 bridgehead atoms. The second-order valence-electron chi connectivity index (χ2n) is 27.9. The number of allylic oxidation sites excluding steroid dienone is 2. The third kappa shape index (κ3) is 79.7. The van der Waals surface area contributed by atoms with Gasteiger partial charge < -0.3 is 134 Å². The van der Waals surface area contributed by atoms with E-state index in [1.54, 1.807) is 0 Å². The lowest BCUT2D eigenvalue weighted by molar-refractivity contribution is -0.163. The molecule has 2 rings (SSSR count). The molecule has 1 amide bonds. The Bertz CT molecular complexity index is 2540. The molecule has 1 atom stereocenters. The van der Waals surface area contributed by atoms with Crippen molar-refractivity contribution in [2.24, 2.45) is 5.41 Å². The van der Waals surface area contributed by atoms with Crippen LogP contribution in [0.4, 0.5) is 0 Å². The monoisotopic (exact) mass is 1750 g/mol. The van der Waals surface area contributed by atoms with Gasteiger partial charge in [0.1, 0.15) is 18.6 Å². The number of ether oxygens (including phenoxy) is 26. The minimum Gasteiger partial charge on any atom is -0.481 e. The second kappa shape index (κ2) is 93.7. The number of carbonyl (C=O) groups excluding carboxylic acids is 3. The molecule has 0 saturated heterocycles. The molecule has 2 aromatic rings. The number of carbonyl (C=O) groups is 4. The molecule has 2 N–H and O–H groups in total. The average Bonchev–Trinajstić information content (AvgIpc) is 0.806. The molecule has 2 aromatic carbocycles. The Balaban J connectivity index is 1.29. The summed E-state index contributed by atoms with van der Waals surface area (Å²) in [5, 5.41) is 11.6. The average molecular weight is 1750 g/mol. The lowest BCUT2D eigenvalue weighted by Crippen LogP contribution is -2.48. The van der Waals surface area contributed by atoms with Gasteiger partial charge in [0.2, 0.25) is 5.91 Å². The Hall–Kier alpha value is -4.90. The van der Waals surface area contributed by atoms with E-state index in [1.165, 1.54) is 32.1 Å². The first-order chi connectivity index (χ1) is 60.4. The normalized spacial score (nSPS) is 12.1. The smallest absolute Gasteiger partial charge is 0.322 e. The Kier molecular flexibility index (Phi) is 86.9. The molecule has 122 heavy (non-hydrogen) atoms. The zero-order chi connectivity index (χ0) is 87.0. The fourth-order valence-electron chi connectivity index (χ4n) is 11.2. The van der Waals surface area contributed by atoms with Crippen LogP contribution in [-0.4, -0.2) is 353 Å². The van der Waals surface area contributed by atoms with Gasteiger partial charge in [-0.1, -0.05) is 157 Å². The molecule has 0 saturated carbocycles. The van der Waals surface area contributed by atoms with Crippen molar-refractivity contribution in [3.8, 4) is 0 Å². The summed E-state index contributed by atoms with van der Waals surface area (Å²) in [6.07, 6.45) is 20.8. The number of unbranched alkanes of at least 4 members (excludes halogenated alkanes) is 13. The predicted octanol–water partition coefficient (Wildman–Crippen LogP) is 10.0. The molecule has 0 aliphatic heterocycles. The quantitative estimate of drug-likeness (QED) is 0.0269. The summed E-state index contributed by atoms with van der Waals surface area (Å²) in [7, 11) is 0. The van der Waals surface area contributed by atoms with Gasteiger partial charge in [-0.2, -0.15) is 0 Å². The standard InChI is InChI=1S/C90H157NO31/c1-2-3-4-5-6-8-11-14-23-31-90(89(96)122-83-85-27-20-17-21-28-85,32-24-15-12-9-7-10-13-22-29-87(94)121-82-84-25-18-16-19-26-84)88(95)91-33-35-98-37-39-100-41-43-102-45-47-104-49-51-106-53-55-108-57-59-110-61-63-112-65-67-114-69-71-116-73-75-118-77-79-120-81-80-119-78-76-117-74-72-115-70-68-113-66-64-111-62-60-109-58-56-107-54-52-105-50-48-103-46-44-101-42-40-99-38-36-97-34-30-86(92)93/h15-21,24-28H,2-14,22-23,29-83H2,1H3,(H,91,95)(H,92,93)/t90-/m1/s1. The van der Waals surface area contributed by atoms with Crippen LogP contribution in [0.25, 0.3) is 0 Å². The van der Waals surface area contributed by atoms with Crippen LogP contribution in [0.5, 0.6) is 0 Å². The van der Waals surface area contributed by atoms with E-state index in [1.807, 2.05) is 66.7 Å². The topological polar surface area (TPSA) is 341 Å². The third-order valence-electron chi connectivity index (χ3n) is 17.9. The van der Waals surface area contributed by atoms with Crippen LogP contribution < -0.4 is 5.32 Å². The van der Waals surface area contributed by atoms with Crippen LogP contribution in [0, 0.1) is 5.41 Å². The number of nitrogens with one attached hydrogen (secondary N) is 1. The highest BCUT2D eigenvalue weighted by Crippen LogP contribution is 2.34. The van der Waals surface area contributed by atoms with Crippen LogP contribution in [0.15, 0.2) is 72.8 Å². The molecule has 0 aliphatic rings. The van der Waals surface area contributed by atoms with Gasteiger partial charge in [-0.25, -0.2) is 0 Å². The summed E-state index contributed by atoms with van der Waals surface area (Å²) in [4.78, 5) is 51.3. The fraction of sp³-hybridized carbons (Fsp3) is 0.800. The van der Waals surface area contributed by atoms with Gasteiger partial charge in [0, 0.05) is 13.0 Å². The molecular formula is C90H157NO31. The summed E-state index contributed by atoms with van der Waals surface area (Å²) in [6, 6.07) is 19.3. The highest BCUT2D eigenvalue weighted by atomic mass is 16.6. The molecule has 0 spiro atoms. The van der Waals surface area contributed by atoms with Gasteiger partial charge in [-0.3, -0.25) is 19.2 Å². The van der Waals surface area contributed by atoms with E-state index < -0.39 is 17.4 Å². The number of carboxylic acid groups (broad SMARTS) is 1. The largest absolute Gasteiger partial charge is 0.481 e. The van der Waals surface area contributed by atoms with Crippen LogP contribution in [0.1, 0.15) is 140 Å². The van der Waals surface area contributed by atoms with Gasteiger partial charge in [0.25, 0.3) is 0 Å². The molecule has 0 radical (unpaired) electrons. The summed E-state index contributed by atoms with van der Waals surface area (Å²) in [5.74, 6) is -1.90. The second-order valence-corrected chi connectivity index (χ2v) is 27.9. The van der Waals surface area contributed by atoms with E-state index >= 15 is 0 Å². The van der Waals surface area contributed by atoms with E-state index in [2.05, 4.69) is 18.3 Å². The summed E-state index contributed by atoms with van der Waals surface area (Å²) < 4.78 is 144. The van der Waals surface area contributed by atoms with Crippen molar-refractivity contribution in [1.29, 1.82) is 0 Å². The van der Waals surface area contributed by atoms with Crippen LogP contribution in [0.3, 0.4) is 0 Å². The summed E-state index contributed by atoms with van der Waals surface area (Å²) in [5.41, 5.74) is 0.461. The predicted molar refractivity (Wildman–Crippen MR) is 458 cm³/mol. The molecule has 708 valence electrons. The number of carboxylic acids is 1. The van der Waals surface area contributed by atoms with Crippen LogP contribution in [-0.2, 0) is 156 Å². The highest BCUT2D eigenvalue weighted by Gasteiger charge is 2.46. The lowest BCUT2D eigenvalue weighted by atomic mass is 9.78. The van der Waals surface area contributed by atoms with E-state index in [4.69, 9.17) is 128 Å². The molecule has 0 heterocycles.